The molecule has 1 heterocycles. The molecule has 0 saturated carbocycles. The van der Waals surface area contributed by atoms with E-state index in [1.54, 1.807) is 12.1 Å². The maximum absolute atomic E-state index is 11.2. The predicted octanol–water partition coefficient (Wildman–Crippen LogP) is 1.30. The highest BCUT2D eigenvalue weighted by Crippen LogP contribution is 2.02. The topological polar surface area (TPSA) is 44.0 Å². The molecular formula is C9H11NO2. The van der Waals surface area contributed by atoms with Gasteiger partial charge in [-0.3, -0.25) is 4.79 Å². The van der Waals surface area contributed by atoms with Crippen molar-refractivity contribution in [1.82, 2.24) is 0 Å². The van der Waals surface area contributed by atoms with E-state index in [2.05, 4.69) is 0 Å². The van der Waals surface area contributed by atoms with Crippen LogP contribution in [0.4, 0.5) is 0 Å². The zero-order valence-corrected chi connectivity index (χ0v) is 6.99. The van der Waals surface area contributed by atoms with Gasteiger partial charge in [-0.25, -0.2) is 0 Å². The van der Waals surface area contributed by atoms with Crippen LogP contribution in [0, 0.1) is 5.21 Å². The van der Waals surface area contributed by atoms with Gasteiger partial charge in [-0.1, -0.05) is 6.92 Å². The molecular weight excluding hydrogens is 154 g/mol. The molecule has 1 rings (SSSR count). The van der Waals surface area contributed by atoms with Crippen LogP contribution in [0.2, 0.25) is 0 Å². The lowest BCUT2D eigenvalue weighted by Gasteiger charge is -1.98. The van der Waals surface area contributed by atoms with E-state index in [1.807, 2.05) is 6.92 Å². The first-order chi connectivity index (χ1) is 5.74. The van der Waals surface area contributed by atoms with E-state index >= 15 is 0 Å². The van der Waals surface area contributed by atoms with Gasteiger partial charge in [0.2, 0.25) is 0 Å². The summed E-state index contributed by atoms with van der Waals surface area (Å²) in [5, 5.41) is 10.6. The van der Waals surface area contributed by atoms with Crippen LogP contribution in [0.1, 0.15) is 30.1 Å². The smallest absolute Gasteiger partial charge is 0.181 e. The summed E-state index contributed by atoms with van der Waals surface area (Å²) in [7, 11) is 0. The number of pyridine rings is 1. The third-order valence-electron chi connectivity index (χ3n) is 1.60. The molecule has 0 spiro atoms. The van der Waals surface area contributed by atoms with Crippen molar-refractivity contribution in [2.24, 2.45) is 0 Å². The Morgan fingerprint density at radius 1 is 1.50 bits per heavy atom. The monoisotopic (exact) mass is 165 g/mol. The van der Waals surface area contributed by atoms with Gasteiger partial charge < -0.3 is 5.21 Å². The molecule has 3 heteroatoms. The molecule has 0 fully saturated rings. The second-order valence-corrected chi connectivity index (χ2v) is 2.62. The Balaban J connectivity index is 2.75. The molecule has 0 unspecified atom stereocenters. The number of hydrogen-bond acceptors (Lipinski definition) is 2. The molecule has 0 aliphatic rings. The Bertz CT molecular complexity index is 266. The zero-order chi connectivity index (χ0) is 8.97. The van der Waals surface area contributed by atoms with Crippen molar-refractivity contribution in [1.29, 1.82) is 0 Å². The summed E-state index contributed by atoms with van der Waals surface area (Å²) in [6, 6.07) is 3.09. The predicted molar refractivity (Wildman–Crippen MR) is 44.6 cm³/mol. The van der Waals surface area contributed by atoms with Crippen molar-refractivity contribution in [3.05, 3.63) is 35.3 Å². The molecule has 0 atom stereocenters. The van der Waals surface area contributed by atoms with Gasteiger partial charge in [0, 0.05) is 24.1 Å². The summed E-state index contributed by atoms with van der Waals surface area (Å²) in [5.41, 5.74) is 0.615. The van der Waals surface area contributed by atoms with Crippen LogP contribution in [-0.2, 0) is 0 Å². The molecule has 64 valence electrons. The lowest BCUT2D eigenvalue weighted by Crippen LogP contribution is -2.24. The van der Waals surface area contributed by atoms with Gasteiger partial charge in [-0.05, 0) is 6.42 Å². The van der Waals surface area contributed by atoms with Gasteiger partial charge >= 0.3 is 0 Å². The molecule has 0 saturated heterocycles. The maximum atomic E-state index is 11.2. The van der Waals surface area contributed by atoms with Gasteiger partial charge in [0.1, 0.15) is 0 Å². The van der Waals surface area contributed by atoms with Crippen LogP contribution >= 0.6 is 0 Å². The van der Waals surface area contributed by atoms with Crippen LogP contribution in [0.3, 0.4) is 0 Å². The van der Waals surface area contributed by atoms with Crippen molar-refractivity contribution in [2.45, 2.75) is 19.8 Å². The Morgan fingerprint density at radius 3 is 2.58 bits per heavy atom. The minimum absolute atomic E-state index is 0.0955. The Morgan fingerprint density at radius 2 is 2.08 bits per heavy atom. The van der Waals surface area contributed by atoms with Gasteiger partial charge in [0.25, 0.3) is 0 Å². The Labute approximate surface area is 71.2 Å². The first-order valence-corrected chi connectivity index (χ1v) is 3.96. The lowest BCUT2D eigenvalue weighted by atomic mass is 10.1. The average Bonchev–Trinajstić information content (AvgIpc) is 2.06. The van der Waals surface area contributed by atoms with Crippen molar-refractivity contribution >= 4 is 5.78 Å². The van der Waals surface area contributed by atoms with Crippen molar-refractivity contribution < 1.29 is 9.52 Å². The summed E-state index contributed by atoms with van der Waals surface area (Å²) < 4.78 is 0.669. The highest BCUT2D eigenvalue weighted by atomic mass is 16.5. The van der Waals surface area contributed by atoms with Crippen LogP contribution in [0.25, 0.3) is 0 Å². The Kier molecular flexibility index (Phi) is 2.80. The standard InChI is InChI=1S/C9H11NO2/c1-2-3-9(11)8-4-6-10(12)7-5-8/h4-7H,2-3H2,1H3. The van der Waals surface area contributed by atoms with E-state index in [0.29, 0.717) is 16.7 Å². The molecule has 1 aromatic rings. The summed E-state index contributed by atoms with van der Waals surface area (Å²) in [6.07, 6.45) is 4.06. The lowest BCUT2D eigenvalue weighted by molar-refractivity contribution is -0.605. The number of nitrogens with zero attached hydrogens (tertiary/aromatic N) is 1. The SMILES string of the molecule is CCCC(=O)c1cc[n+]([O-])cc1. The van der Waals surface area contributed by atoms with Crippen molar-refractivity contribution in [2.75, 3.05) is 0 Å². The quantitative estimate of drug-likeness (QED) is 0.385. The summed E-state index contributed by atoms with van der Waals surface area (Å²) >= 11 is 0. The fourth-order valence-electron chi connectivity index (χ4n) is 0.970. The van der Waals surface area contributed by atoms with Gasteiger partial charge in [-0.15, -0.1) is 0 Å². The number of Topliss-reactive ketones (excluding diaryl/α,β-unsaturated/α-hetero) is 1. The largest absolute Gasteiger partial charge is 0.619 e. The number of hydrogen-bond donors (Lipinski definition) is 0. The first kappa shape index (κ1) is 8.71. The van der Waals surface area contributed by atoms with Crippen molar-refractivity contribution in [3.63, 3.8) is 0 Å². The molecule has 12 heavy (non-hydrogen) atoms. The molecule has 0 bridgehead atoms. The molecule has 3 nitrogen and oxygen atoms in total. The second kappa shape index (κ2) is 3.85. The van der Waals surface area contributed by atoms with E-state index in [1.165, 1.54) is 12.4 Å². The highest BCUT2D eigenvalue weighted by Gasteiger charge is 2.04. The fraction of sp³-hybridized carbons (Fsp3) is 0.333. The summed E-state index contributed by atoms with van der Waals surface area (Å²) in [5.74, 6) is 0.0955. The van der Waals surface area contributed by atoms with Gasteiger partial charge in [0.05, 0.1) is 0 Å². The highest BCUT2D eigenvalue weighted by molar-refractivity contribution is 5.95. The zero-order valence-electron chi connectivity index (χ0n) is 6.99. The molecule has 0 aliphatic carbocycles. The number of rotatable bonds is 3. The first-order valence-electron chi connectivity index (χ1n) is 3.96. The van der Waals surface area contributed by atoms with E-state index in [9.17, 15) is 10.0 Å². The number of carbonyl (C=O) groups excluding carboxylic acids is 1. The number of ketones is 1. The van der Waals surface area contributed by atoms with Crippen LogP contribution in [0.5, 0.6) is 0 Å². The van der Waals surface area contributed by atoms with E-state index in [0.717, 1.165) is 6.42 Å². The number of carbonyl (C=O) groups is 1. The second-order valence-electron chi connectivity index (χ2n) is 2.62. The van der Waals surface area contributed by atoms with E-state index < -0.39 is 0 Å². The van der Waals surface area contributed by atoms with Crippen LogP contribution in [0.15, 0.2) is 24.5 Å². The van der Waals surface area contributed by atoms with Gasteiger partial charge in [-0.2, -0.15) is 4.73 Å². The molecule has 0 amide bonds. The minimum atomic E-state index is 0.0955. The average molecular weight is 165 g/mol. The minimum Gasteiger partial charge on any atom is -0.619 e. The summed E-state index contributed by atoms with van der Waals surface area (Å²) in [6.45, 7) is 1.95. The molecule has 1 aromatic heterocycles. The maximum Gasteiger partial charge on any atom is 0.181 e. The molecule has 0 aliphatic heterocycles. The third kappa shape index (κ3) is 2.05. The Hall–Kier alpha value is -1.38. The van der Waals surface area contributed by atoms with E-state index in [-0.39, 0.29) is 5.78 Å². The van der Waals surface area contributed by atoms with Crippen LogP contribution < -0.4 is 4.73 Å². The molecule has 0 N–H and O–H groups in total. The molecule has 0 radical (unpaired) electrons. The van der Waals surface area contributed by atoms with E-state index in [4.69, 9.17) is 0 Å². The number of aromatic nitrogens is 1. The van der Waals surface area contributed by atoms with Crippen LogP contribution in [-0.4, -0.2) is 5.78 Å². The normalized spacial score (nSPS) is 9.75. The third-order valence-corrected chi connectivity index (χ3v) is 1.60. The van der Waals surface area contributed by atoms with Gasteiger partial charge in [0.15, 0.2) is 18.2 Å². The fourth-order valence-corrected chi connectivity index (χ4v) is 0.970. The van der Waals surface area contributed by atoms with Crippen molar-refractivity contribution in [3.8, 4) is 0 Å². The summed E-state index contributed by atoms with van der Waals surface area (Å²) in [4.78, 5) is 11.2. The molecule has 0 aromatic carbocycles.